The minimum absolute atomic E-state index is 0.0793. The summed E-state index contributed by atoms with van der Waals surface area (Å²) in [7, 11) is 0. The van der Waals surface area contributed by atoms with Gasteiger partial charge in [-0.3, -0.25) is 4.90 Å². The maximum absolute atomic E-state index is 8.82. The van der Waals surface area contributed by atoms with Crippen LogP contribution in [0.4, 0.5) is 0 Å². The molecule has 0 amide bonds. The van der Waals surface area contributed by atoms with E-state index in [1.54, 1.807) is 0 Å². The molecule has 3 N–H and O–H groups in total. The van der Waals surface area contributed by atoms with E-state index in [9.17, 15) is 0 Å². The summed E-state index contributed by atoms with van der Waals surface area (Å²) in [6.07, 6.45) is 4.58. The number of rotatable bonds is 5. The quantitative estimate of drug-likeness (QED) is 0.352. The van der Waals surface area contributed by atoms with Gasteiger partial charge in [0, 0.05) is 25.1 Å². The average molecular weight is 315 g/mol. The van der Waals surface area contributed by atoms with Crippen molar-refractivity contribution in [3.63, 3.8) is 0 Å². The van der Waals surface area contributed by atoms with E-state index >= 15 is 0 Å². The smallest absolute Gasteiger partial charge is 0.143 e. The molecule has 0 radical (unpaired) electrons. The lowest BCUT2D eigenvalue weighted by atomic mass is 9.84. The third-order valence-corrected chi connectivity index (χ3v) is 5.91. The molecule has 6 heteroatoms. The average Bonchev–Trinajstić information content (AvgIpc) is 2.52. The molecule has 2 aliphatic rings. The Hall–Kier alpha value is -0.460. The minimum Gasteiger partial charge on any atom is -0.409 e. The van der Waals surface area contributed by atoms with Gasteiger partial charge in [0.05, 0.1) is 5.60 Å². The number of oxime groups is 1. The highest BCUT2D eigenvalue weighted by Gasteiger charge is 2.40. The highest BCUT2D eigenvalue weighted by molar-refractivity contribution is 7.99. The van der Waals surface area contributed by atoms with Crippen LogP contribution in [0.25, 0.3) is 0 Å². The van der Waals surface area contributed by atoms with Gasteiger partial charge in [0.15, 0.2) is 0 Å². The Balaban J connectivity index is 1.97. The van der Waals surface area contributed by atoms with Gasteiger partial charge in [-0.1, -0.05) is 19.0 Å². The van der Waals surface area contributed by atoms with Crippen LogP contribution in [0.3, 0.4) is 0 Å². The van der Waals surface area contributed by atoms with Gasteiger partial charge >= 0.3 is 0 Å². The molecule has 0 aromatic heterocycles. The normalized spacial score (nSPS) is 28.0. The lowest BCUT2D eigenvalue weighted by Crippen LogP contribution is -2.51. The van der Waals surface area contributed by atoms with Gasteiger partial charge in [-0.05, 0) is 43.7 Å². The maximum Gasteiger partial charge on any atom is 0.143 e. The number of amidine groups is 1. The fourth-order valence-electron chi connectivity index (χ4n) is 3.49. The van der Waals surface area contributed by atoms with Gasteiger partial charge in [-0.2, -0.15) is 11.8 Å². The highest BCUT2D eigenvalue weighted by atomic mass is 32.2. The van der Waals surface area contributed by atoms with E-state index in [-0.39, 0.29) is 11.5 Å². The molecule has 0 aromatic rings. The van der Waals surface area contributed by atoms with Crippen molar-refractivity contribution in [3.05, 3.63) is 0 Å². The molecule has 0 saturated carbocycles. The van der Waals surface area contributed by atoms with Crippen LogP contribution in [0, 0.1) is 5.92 Å². The van der Waals surface area contributed by atoms with E-state index in [4.69, 9.17) is 15.7 Å². The summed E-state index contributed by atoms with van der Waals surface area (Å²) in [6.45, 7) is 6.92. The van der Waals surface area contributed by atoms with E-state index in [0.29, 0.717) is 11.9 Å². The second-order valence-electron chi connectivity index (χ2n) is 6.30. The van der Waals surface area contributed by atoms with Gasteiger partial charge in [0.1, 0.15) is 5.84 Å². The molecule has 0 bridgehead atoms. The molecule has 2 rings (SSSR count). The standard InChI is InChI=1S/C15H29N3O2S/c1-3-18(11-12(2)14(16)17-19)13-4-7-20-15(10-13)5-8-21-9-6-15/h12-13,19H,3-11H2,1-2H3,(H2,16,17). The monoisotopic (exact) mass is 315 g/mol. The summed E-state index contributed by atoms with van der Waals surface area (Å²) in [4.78, 5) is 2.48. The largest absolute Gasteiger partial charge is 0.409 e. The zero-order valence-electron chi connectivity index (χ0n) is 13.3. The van der Waals surface area contributed by atoms with Gasteiger partial charge < -0.3 is 15.7 Å². The molecular weight excluding hydrogens is 286 g/mol. The molecular formula is C15H29N3O2S. The van der Waals surface area contributed by atoms with E-state index in [0.717, 1.165) is 32.5 Å². The third kappa shape index (κ3) is 4.27. The van der Waals surface area contributed by atoms with E-state index in [2.05, 4.69) is 17.0 Å². The molecule has 2 atom stereocenters. The van der Waals surface area contributed by atoms with Crippen LogP contribution in [0.1, 0.15) is 39.5 Å². The zero-order chi connectivity index (χ0) is 15.3. The Morgan fingerprint density at radius 3 is 2.86 bits per heavy atom. The van der Waals surface area contributed by atoms with Crippen LogP contribution in [0.5, 0.6) is 0 Å². The molecule has 122 valence electrons. The number of ether oxygens (including phenoxy) is 1. The van der Waals surface area contributed by atoms with Crippen LogP contribution in [0.2, 0.25) is 0 Å². The Labute approximate surface area is 132 Å². The summed E-state index contributed by atoms with van der Waals surface area (Å²) in [5, 5.41) is 12.0. The van der Waals surface area contributed by atoms with E-state index in [1.165, 1.54) is 24.3 Å². The minimum atomic E-state index is 0.0793. The topological polar surface area (TPSA) is 71.1 Å². The Morgan fingerprint density at radius 1 is 1.52 bits per heavy atom. The van der Waals surface area contributed by atoms with Crippen molar-refractivity contribution in [1.29, 1.82) is 0 Å². The molecule has 21 heavy (non-hydrogen) atoms. The third-order valence-electron chi connectivity index (χ3n) is 4.92. The van der Waals surface area contributed by atoms with Crippen LogP contribution >= 0.6 is 11.8 Å². The predicted molar refractivity (Wildman–Crippen MR) is 88.1 cm³/mol. The first kappa shape index (κ1) is 16.9. The van der Waals surface area contributed by atoms with Crippen molar-refractivity contribution >= 4 is 17.6 Å². The highest BCUT2D eigenvalue weighted by Crippen LogP contribution is 2.38. The second kappa shape index (κ2) is 7.70. The number of nitrogens with two attached hydrogens (primary N) is 1. The van der Waals surface area contributed by atoms with E-state index in [1.807, 2.05) is 18.7 Å². The van der Waals surface area contributed by atoms with Crippen LogP contribution in [0.15, 0.2) is 5.16 Å². The SMILES string of the molecule is CCN(CC(C)C(N)=NO)C1CCOC2(CCSCC2)C1. The number of thioether (sulfide) groups is 1. The van der Waals surface area contributed by atoms with Crippen molar-refractivity contribution in [3.8, 4) is 0 Å². The van der Waals surface area contributed by atoms with Crippen LogP contribution in [-0.4, -0.2) is 58.8 Å². The Morgan fingerprint density at radius 2 is 2.24 bits per heavy atom. The summed E-state index contributed by atoms with van der Waals surface area (Å²) < 4.78 is 6.18. The van der Waals surface area contributed by atoms with Crippen LogP contribution < -0.4 is 5.73 Å². The summed E-state index contributed by atoms with van der Waals surface area (Å²) in [5.74, 6) is 2.85. The van der Waals surface area contributed by atoms with Gasteiger partial charge in [-0.25, -0.2) is 0 Å². The molecule has 1 spiro atoms. The second-order valence-corrected chi connectivity index (χ2v) is 7.53. The lowest BCUT2D eigenvalue weighted by molar-refractivity contribution is -0.110. The maximum atomic E-state index is 8.82. The first-order chi connectivity index (χ1) is 10.1. The van der Waals surface area contributed by atoms with Crippen molar-refractivity contribution < 1.29 is 9.94 Å². The summed E-state index contributed by atoms with van der Waals surface area (Å²) in [5.41, 5.74) is 5.84. The van der Waals surface area contributed by atoms with Crippen molar-refractivity contribution in [2.45, 2.75) is 51.2 Å². The van der Waals surface area contributed by atoms with E-state index < -0.39 is 0 Å². The molecule has 2 unspecified atom stereocenters. The summed E-state index contributed by atoms with van der Waals surface area (Å²) in [6, 6.07) is 0.556. The molecule has 5 nitrogen and oxygen atoms in total. The zero-order valence-corrected chi connectivity index (χ0v) is 14.1. The van der Waals surface area contributed by atoms with Gasteiger partial charge in [0.25, 0.3) is 0 Å². The Kier molecular flexibility index (Phi) is 6.20. The van der Waals surface area contributed by atoms with Crippen molar-refractivity contribution in [2.24, 2.45) is 16.8 Å². The van der Waals surface area contributed by atoms with Crippen molar-refractivity contribution in [1.82, 2.24) is 4.90 Å². The first-order valence-electron chi connectivity index (χ1n) is 8.03. The van der Waals surface area contributed by atoms with Crippen LogP contribution in [-0.2, 0) is 4.74 Å². The summed E-state index contributed by atoms with van der Waals surface area (Å²) >= 11 is 2.04. The lowest BCUT2D eigenvalue weighted by Gasteiger charge is -2.46. The predicted octanol–water partition coefficient (Wildman–Crippen LogP) is 2.14. The number of nitrogens with zero attached hydrogens (tertiary/aromatic N) is 2. The molecule has 2 aliphatic heterocycles. The molecule has 0 aromatic carbocycles. The number of hydrogen-bond acceptors (Lipinski definition) is 5. The molecule has 0 aliphatic carbocycles. The first-order valence-corrected chi connectivity index (χ1v) is 9.19. The van der Waals surface area contributed by atoms with Gasteiger partial charge in [0.2, 0.25) is 0 Å². The number of hydrogen-bond donors (Lipinski definition) is 2. The van der Waals surface area contributed by atoms with Gasteiger partial charge in [-0.15, -0.1) is 0 Å². The fourth-order valence-corrected chi connectivity index (χ4v) is 4.72. The fraction of sp³-hybridized carbons (Fsp3) is 0.933. The Bertz CT molecular complexity index is 353. The van der Waals surface area contributed by atoms with Crippen molar-refractivity contribution in [2.75, 3.05) is 31.2 Å². The molecule has 2 heterocycles. The molecule has 2 saturated heterocycles. The molecule has 2 fully saturated rings.